The number of thiazole rings is 2. The molecule has 2 aliphatic rings. The van der Waals surface area contributed by atoms with Crippen LogP contribution in [-0.2, 0) is 9.47 Å². The van der Waals surface area contributed by atoms with Gasteiger partial charge in [-0.1, -0.05) is 22.7 Å². The van der Waals surface area contributed by atoms with Gasteiger partial charge in [-0.3, -0.25) is 19.2 Å². The lowest BCUT2D eigenvalue weighted by atomic mass is 9.86. The van der Waals surface area contributed by atoms with E-state index in [-0.39, 0.29) is 56.5 Å². The van der Waals surface area contributed by atoms with E-state index in [1.807, 2.05) is 0 Å². The summed E-state index contributed by atoms with van der Waals surface area (Å²) in [6.07, 6.45) is 0. The summed E-state index contributed by atoms with van der Waals surface area (Å²) < 4.78 is 11.3. The average molecular weight is 677 g/mol. The van der Waals surface area contributed by atoms with Gasteiger partial charge in [0.25, 0.3) is 23.6 Å². The minimum absolute atomic E-state index is 0.111. The zero-order valence-corrected chi connectivity index (χ0v) is 26.7. The number of carbonyl (C=O) groups excluding carboxylic acids is 6. The number of fused-ring (bicyclic) bond motifs is 2. The molecule has 0 radical (unpaired) electrons. The summed E-state index contributed by atoms with van der Waals surface area (Å²) >= 11 is 2.14. The van der Waals surface area contributed by atoms with Crippen LogP contribution in [0.1, 0.15) is 76.0 Å². The summed E-state index contributed by atoms with van der Waals surface area (Å²) in [7, 11) is 0. The van der Waals surface area contributed by atoms with Crippen LogP contribution in [0.3, 0.4) is 0 Å². The van der Waals surface area contributed by atoms with Crippen molar-refractivity contribution >= 4 is 99.7 Å². The van der Waals surface area contributed by atoms with E-state index in [9.17, 15) is 28.8 Å². The SMILES string of the molecule is CCOC(=O)c1ccc2nc(N3C(=O)c4ccc5c6c(ccc(c46)C3=O)C(=O)N(c3nc4ccc(C(=O)OCC)cc4s3)C5=O)sc2c1. The van der Waals surface area contributed by atoms with Crippen LogP contribution in [0, 0.1) is 0 Å². The fourth-order valence-corrected chi connectivity index (χ4v) is 7.93. The Morgan fingerprint density at radius 2 is 0.938 bits per heavy atom. The summed E-state index contributed by atoms with van der Waals surface area (Å²) in [6.45, 7) is 3.84. The summed E-state index contributed by atoms with van der Waals surface area (Å²) in [6, 6.07) is 15.4. The van der Waals surface area contributed by atoms with Crippen LogP contribution >= 0.6 is 22.7 Å². The second-order valence-corrected chi connectivity index (χ2v) is 12.8. The van der Waals surface area contributed by atoms with Crippen LogP contribution in [0.4, 0.5) is 10.3 Å². The molecule has 0 aliphatic carbocycles. The van der Waals surface area contributed by atoms with Gasteiger partial charge in [-0.25, -0.2) is 29.4 Å². The molecule has 4 amide bonds. The molecule has 0 N–H and O–H groups in total. The molecule has 236 valence electrons. The first kappa shape index (κ1) is 29.5. The molecule has 0 fully saturated rings. The number of ether oxygens (including phenoxy) is 2. The molecule has 8 rings (SSSR count). The van der Waals surface area contributed by atoms with Crippen LogP contribution in [0.15, 0.2) is 60.7 Å². The number of hydrogen-bond donors (Lipinski definition) is 0. The zero-order valence-electron chi connectivity index (χ0n) is 25.1. The predicted molar refractivity (Wildman–Crippen MR) is 177 cm³/mol. The van der Waals surface area contributed by atoms with E-state index in [1.54, 1.807) is 50.2 Å². The minimum Gasteiger partial charge on any atom is -0.462 e. The molecular weight excluding hydrogens is 657 g/mol. The van der Waals surface area contributed by atoms with E-state index in [0.717, 1.165) is 32.5 Å². The molecule has 6 aromatic rings. The van der Waals surface area contributed by atoms with Gasteiger partial charge in [-0.2, -0.15) is 0 Å². The van der Waals surface area contributed by atoms with E-state index in [1.165, 1.54) is 24.3 Å². The Balaban J connectivity index is 1.18. The fourth-order valence-electron chi connectivity index (χ4n) is 5.92. The molecule has 12 nitrogen and oxygen atoms in total. The van der Waals surface area contributed by atoms with Crippen LogP contribution < -0.4 is 9.80 Å². The van der Waals surface area contributed by atoms with Gasteiger partial charge in [-0.15, -0.1) is 0 Å². The normalized spacial score (nSPS) is 14.0. The van der Waals surface area contributed by atoms with Gasteiger partial charge in [0.05, 0.1) is 44.8 Å². The quantitative estimate of drug-likeness (QED) is 0.151. The first-order valence-electron chi connectivity index (χ1n) is 14.7. The minimum atomic E-state index is -0.660. The second-order valence-electron chi connectivity index (χ2n) is 10.8. The van der Waals surface area contributed by atoms with Crippen molar-refractivity contribution in [2.45, 2.75) is 13.8 Å². The molecular formula is C34H20N4O8S2. The lowest BCUT2D eigenvalue weighted by Gasteiger charge is -2.30. The van der Waals surface area contributed by atoms with Crippen LogP contribution in [0.5, 0.6) is 0 Å². The van der Waals surface area contributed by atoms with Crippen molar-refractivity contribution in [2.75, 3.05) is 23.0 Å². The van der Waals surface area contributed by atoms with Crippen LogP contribution in [0.2, 0.25) is 0 Å². The van der Waals surface area contributed by atoms with E-state index in [4.69, 9.17) is 9.47 Å². The summed E-state index contributed by atoms with van der Waals surface area (Å²) in [5, 5.41) is 0.652. The van der Waals surface area contributed by atoms with Gasteiger partial charge in [-0.05, 0) is 74.5 Å². The number of esters is 2. The van der Waals surface area contributed by atoms with Crippen molar-refractivity contribution < 1.29 is 38.2 Å². The molecule has 0 spiro atoms. The second kappa shape index (κ2) is 10.9. The average Bonchev–Trinajstić information content (AvgIpc) is 3.70. The van der Waals surface area contributed by atoms with Gasteiger partial charge in [0, 0.05) is 33.0 Å². The lowest BCUT2D eigenvalue weighted by Crippen LogP contribution is -2.43. The number of imide groups is 2. The molecule has 14 heteroatoms. The van der Waals surface area contributed by atoms with Crippen molar-refractivity contribution in [1.29, 1.82) is 0 Å². The molecule has 0 bridgehead atoms. The van der Waals surface area contributed by atoms with Crippen molar-refractivity contribution in [3.8, 4) is 0 Å². The maximum Gasteiger partial charge on any atom is 0.338 e. The summed E-state index contributed by atoms with van der Waals surface area (Å²) in [5.41, 5.74) is 2.15. The monoisotopic (exact) mass is 676 g/mol. The maximum absolute atomic E-state index is 13.9. The molecule has 0 saturated carbocycles. The molecule has 0 unspecified atom stereocenters. The number of anilines is 2. The molecule has 0 atom stereocenters. The van der Waals surface area contributed by atoms with Gasteiger partial charge < -0.3 is 9.47 Å². The Morgan fingerprint density at radius 3 is 1.27 bits per heavy atom. The number of hydrogen-bond acceptors (Lipinski definition) is 12. The Hall–Kier alpha value is -5.86. The number of rotatable bonds is 6. The van der Waals surface area contributed by atoms with E-state index >= 15 is 0 Å². The maximum atomic E-state index is 13.9. The third kappa shape index (κ3) is 4.26. The van der Waals surface area contributed by atoms with Crippen molar-refractivity contribution in [1.82, 2.24) is 9.97 Å². The number of carbonyl (C=O) groups is 6. The highest BCUT2D eigenvalue weighted by Crippen LogP contribution is 2.42. The van der Waals surface area contributed by atoms with E-state index < -0.39 is 35.6 Å². The fraction of sp³-hybridized carbons (Fsp3) is 0.118. The number of benzene rings is 4. The van der Waals surface area contributed by atoms with Crippen molar-refractivity contribution in [3.63, 3.8) is 0 Å². The van der Waals surface area contributed by atoms with Crippen LogP contribution in [0.25, 0.3) is 31.2 Å². The predicted octanol–water partition coefficient (Wildman–Crippen LogP) is 6.01. The first-order chi connectivity index (χ1) is 23.2. The van der Waals surface area contributed by atoms with E-state index in [2.05, 4.69) is 9.97 Å². The van der Waals surface area contributed by atoms with Gasteiger partial charge in [0.1, 0.15) is 0 Å². The molecule has 2 aliphatic heterocycles. The number of aromatic nitrogens is 2. The van der Waals surface area contributed by atoms with Gasteiger partial charge in [0.15, 0.2) is 0 Å². The molecule has 0 saturated heterocycles. The van der Waals surface area contributed by atoms with Crippen molar-refractivity contribution in [2.24, 2.45) is 0 Å². The highest BCUT2D eigenvalue weighted by Gasteiger charge is 2.42. The Labute approximate surface area is 278 Å². The number of amides is 4. The Bertz CT molecular complexity index is 2240. The summed E-state index contributed by atoms with van der Waals surface area (Å²) in [5.74, 6) is -3.64. The van der Waals surface area contributed by atoms with Crippen LogP contribution in [-0.4, -0.2) is 58.7 Å². The van der Waals surface area contributed by atoms with Gasteiger partial charge in [0.2, 0.25) is 10.3 Å². The topological polar surface area (TPSA) is 153 Å². The molecule has 4 heterocycles. The highest BCUT2D eigenvalue weighted by atomic mass is 32.1. The summed E-state index contributed by atoms with van der Waals surface area (Å²) in [4.78, 5) is 91.1. The zero-order chi connectivity index (χ0) is 33.4. The van der Waals surface area contributed by atoms with Crippen molar-refractivity contribution in [3.05, 3.63) is 94.0 Å². The Kier molecular flexibility index (Phi) is 6.68. The smallest absolute Gasteiger partial charge is 0.338 e. The van der Waals surface area contributed by atoms with Gasteiger partial charge >= 0.3 is 11.9 Å². The molecule has 4 aromatic carbocycles. The first-order valence-corrected chi connectivity index (χ1v) is 16.4. The highest BCUT2D eigenvalue weighted by molar-refractivity contribution is 7.23. The van der Waals surface area contributed by atoms with E-state index in [0.29, 0.717) is 31.6 Å². The third-order valence-electron chi connectivity index (χ3n) is 8.05. The standard InChI is InChI=1S/C34H20N4O8S2/c1-3-45-31(43)15-5-11-21-23(13-15)47-33(35-21)37-27(39)17-7-9-19-26-20(10-8-18(25(17)26)28(37)40)30(42)38(29(19)41)34-36-22-12-6-16(14-24(22)48-34)32(44)46-4-2/h5-14H,3-4H2,1-2H3. The lowest BCUT2D eigenvalue weighted by molar-refractivity contribution is 0.0517. The number of nitrogens with zero attached hydrogens (tertiary/aromatic N) is 4. The largest absolute Gasteiger partial charge is 0.462 e. The molecule has 2 aromatic heterocycles. The molecule has 48 heavy (non-hydrogen) atoms. The third-order valence-corrected chi connectivity index (χ3v) is 10.1. The Morgan fingerprint density at radius 1 is 0.583 bits per heavy atom.